The summed E-state index contributed by atoms with van der Waals surface area (Å²) >= 11 is 1.52. The minimum atomic E-state index is -3.34. The number of aliphatic hydroxyl groups excluding tert-OH is 1. The standard InChI is InChI=1S/C12H14O4S2/c1-17-11-4-9-6-16-7-12(18(2,14)15)10(9)3-8(11)5-13/h3-4,7,13H,5-6H2,1-2H3. The summed E-state index contributed by atoms with van der Waals surface area (Å²) in [6.07, 6.45) is 4.34. The minimum Gasteiger partial charge on any atom is -0.495 e. The highest BCUT2D eigenvalue weighted by molar-refractivity contribution is 8.00. The van der Waals surface area contributed by atoms with Crippen molar-refractivity contribution in [2.24, 2.45) is 0 Å². The Kier molecular flexibility index (Phi) is 3.70. The molecule has 0 spiro atoms. The Hall–Kier alpha value is -0.980. The van der Waals surface area contributed by atoms with E-state index in [1.54, 1.807) is 6.07 Å². The van der Waals surface area contributed by atoms with Gasteiger partial charge in [-0.1, -0.05) is 0 Å². The number of thioether (sulfide) groups is 1. The molecule has 0 aliphatic carbocycles. The van der Waals surface area contributed by atoms with Gasteiger partial charge in [-0.25, -0.2) is 8.42 Å². The first-order valence-electron chi connectivity index (χ1n) is 5.30. The molecule has 0 saturated carbocycles. The van der Waals surface area contributed by atoms with Gasteiger partial charge in [0.15, 0.2) is 9.84 Å². The second-order valence-corrected chi connectivity index (χ2v) is 6.88. The maximum atomic E-state index is 11.7. The van der Waals surface area contributed by atoms with Crippen LogP contribution in [0.5, 0.6) is 0 Å². The van der Waals surface area contributed by atoms with Crippen LogP contribution in [-0.4, -0.2) is 26.0 Å². The van der Waals surface area contributed by atoms with Crippen LogP contribution in [-0.2, 0) is 27.8 Å². The summed E-state index contributed by atoms with van der Waals surface area (Å²) in [5.41, 5.74) is 2.20. The molecule has 0 amide bonds. The maximum absolute atomic E-state index is 11.7. The third-order valence-corrected chi connectivity index (χ3v) is 4.71. The third kappa shape index (κ3) is 2.41. The summed E-state index contributed by atoms with van der Waals surface area (Å²) < 4.78 is 28.6. The summed E-state index contributed by atoms with van der Waals surface area (Å²) in [7, 11) is -3.34. The van der Waals surface area contributed by atoms with Crippen LogP contribution in [0.3, 0.4) is 0 Å². The van der Waals surface area contributed by atoms with Crippen molar-refractivity contribution in [3.63, 3.8) is 0 Å². The van der Waals surface area contributed by atoms with Crippen LogP contribution in [0.1, 0.15) is 16.7 Å². The molecular formula is C12H14O4S2. The van der Waals surface area contributed by atoms with Crippen molar-refractivity contribution >= 4 is 26.5 Å². The number of benzene rings is 1. The average molecular weight is 286 g/mol. The van der Waals surface area contributed by atoms with E-state index in [1.807, 2.05) is 12.3 Å². The van der Waals surface area contributed by atoms with Gasteiger partial charge >= 0.3 is 0 Å². The van der Waals surface area contributed by atoms with E-state index in [9.17, 15) is 13.5 Å². The number of ether oxygens (including phenoxy) is 1. The first-order valence-corrected chi connectivity index (χ1v) is 8.42. The largest absolute Gasteiger partial charge is 0.495 e. The highest BCUT2D eigenvalue weighted by Crippen LogP contribution is 2.33. The molecule has 0 saturated heterocycles. The number of rotatable bonds is 3. The average Bonchev–Trinajstić information content (AvgIpc) is 2.35. The highest BCUT2D eigenvalue weighted by atomic mass is 32.2. The smallest absolute Gasteiger partial charge is 0.179 e. The molecule has 0 unspecified atom stereocenters. The lowest BCUT2D eigenvalue weighted by atomic mass is 10.0. The molecule has 4 nitrogen and oxygen atoms in total. The van der Waals surface area contributed by atoms with E-state index in [2.05, 4.69) is 0 Å². The fourth-order valence-electron chi connectivity index (χ4n) is 1.89. The van der Waals surface area contributed by atoms with Crippen LogP contribution in [0.2, 0.25) is 0 Å². The summed E-state index contributed by atoms with van der Waals surface area (Å²) in [6, 6.07) is 3.61. The Balaban J connectivity index is 2.64. The van der Waals surface area contributed by atoms with Crippen molar-refractivity contribution in [2.75, 3.05) is 12.5 Å². The number of fused-ring (bicyclic) bond motifs is 1. The van der Waals surface area contributed by atoms with Crippen LogP contribution < -0.4 is 0 Å². The molecule has 1 heterocycles. The maximum Gasteiger partial charge on any atom is 0.179 e. The van der Waals surface area contributed by atoms with Gasteiger partial charge < -0.3 is 9.84 Å². The van der Waals surface area contributed by atoms with Gasteiger partial charge in [-0.15, -0.1) is 11.8 Å². The Morgan fingerprint density at radius 1 is 1.44 bits per heavy atom. The first kappa shape index (κ1) is 13.5. The highest BCUT2D eigenvalue weighted by Gasteiger charge is 2.23. The molecule has 2 rings (SSSR count). The van der Waals surface area contributed by atoms with Crippen LogP contribution in [0.25, 0.3) is 4.91 Å². The Morgan fingerprint density at radius 3 is 2.72 bits per heavy atom. The number of sulfone groups is 1. The molecule has 1 N–H and O–H groups in total. The Bertz CT molecular complexity index is 603. The lowest BCUT2D eigenvalue weighted by Gasteiger charge is -2.19. The molecule has 6 heteroatoms. The molecule has 1 aromatic carbocycles. The summed E-state index contributed by atoms with van der Waals surface area (Å²) in [5.74, 6) is 0. The predicted molar refractivity (Wildman–Crippen MR) is 71.8 cm³/mol. The Labute approximate surface area is 111 Å². The number of hydrogen-bond acceptors (Lipinski definition) is 5. The molecule has 0 bridgehead atoms. The fraction of sp³-hybridized carbons (Fsp3) is 0.333. The van der Waals surface area contributed by atoms with Crippen LogP contribution in [0.4, 0.5) is 0 Å². The monoisotopic (exact) mass is 286 g/mol. The molecule has 0 atom stereocenters. The Morgan fingerprint density at radius 2 is 2.17 bits per heavy atom. The molecule has 0 aromatic heterocycles. The fourth-order valence-corrected chi connectivity index (χ4v) is 3.36. The van der Waals surface area contributed by atoms with Crippen molar-refractivity contribution in [1.82, 2.24) is 0 Å². The molecule has 0 fully saturated rings. The quantitative estimate of drug-likeness (QED) is 0.858. The van der Waals surface area contributed by atoms with E-state index >= 15 is 0 Å². The molecular weight excluding hydrogens is 272 g/mol. The summed E-state index contributed by atoms with van der Waals surface area (Å²) in [5, 5.41) is 9.33. The van der Waals surface area contributed by atoms with Crippen molar-refractivity contribution in [3.05, 3.63) is 35.1 Å². The molecule has 98 valence electrons. The molecule has 1 aliphatic rings. The van der Waals surface area contributed by atoms with Gasteiger partial charge in [0, 0.05) is 16.7 Å². The molecule has 1 aromatic rings. The molecule has 1 aliphatic heterocycles. The third-order valence-electron chi connectivity index (χ3n) is 2.77. The van der Waals surface area contributed by atoms with Gasteiger partial charge in [0.25, 0.3) is 0 Å². The second-order valence-electron chi connectivity index (χ2n) is 4.04. The van der Waals surface area contributed by atoms with E-state index in [0.29, 0.717) is 12.2 Å². The first-order chi connectivity index (χ1) is 8.47. The van der Waals surface area contributed by atoms with Crippen molar-refractivity contribution in [2.45, 2.75) is 18.1 Å². The van der Waals surface area contributed by atoms with E-state index in [0.717, 1.165) is 22.3 Å². The zero-order valence-electron chi connectivity index (χ0n) is 10.1. The van der Waals surface area contributed by atoms with Crippen LogP contribution >= 0.6 is 11.8 Å². The lowest BCUT2D eigenvalue weighted by Crippen LogP contribution is -2.10. The summed E-state index contributed by atoms with van der Waals surface area (Å²) in [6.45, 7) is 0.245. The van der Waals surface area contributed by atoms with Crippen LogP contribution in [0.15, 0.2) is 23.3 Å². The van der Waals surface area contributed by atoms with Gasteiger partial charge in [0.2, 0.25) is 0 Å². The van der Waals surface area contributed by atoms with Gasteiger partial charge in [0.05, 0.1) is 6.61 Å². The zero-order valence-corrected chi connectivity index (χ0v) is 11.8. The number of hydrogen-bond donors (Lipinski definition) is 1. The number of aliphatic hydroxyl groups is 1. The van der Waals surface area contributed by atoms with Gasteiger partial charge in [-0.3, -0.25) is 0 Å². The van der Waals surface area contributed by atoms with E-state index < -0.39 is 9.84 Å². The normalized spacial score (nSPS) is 14.7. The summed E-state index contributed by atoms with van der Waals surface area (Å²) in [4.78, 5) is 1.11. The zero-order chi connectivity index (χ0) is 13.3. The SMILES string of the molecule is CSc1cc2c(cc1CO)C(S(C)(=O)=O)=COC2. The van der Waals surface area contributed by atoms with E-state index in [4.69, 9.17) is 4.74 Å². The van der Waals surface area contributed by atoms with Gasteiger partial charge in [-0.05, 0) is 29.5 Å². The van der Waals surface area contributed by atoms with E-state index in [1.165, 1.54) is 18.0 Å². The lowest BCUT2D eigenvalue weighted by molar-refractivity contribution is 0.233. The van der Waals surface area contributed by atoms with Crippen molar-refractivity contribution < 1.29 is 18.3 Å². The predicted octanol–water partition coefficient (Wildman–Crippen LogP) is 1.77. The molecule has 18 heavy (non-hydrogen) atoms. The molecule has 0 radical (unpaired) electrons. The van der Waals surface area contributed by atoms with Crippen molar-refractivity contribution in [1.29, 1.82) is 0 Å². The van der Waals surface area contributed by atoms with Crippen molar-refractivity contribution in [3.8, 4) is 0 Å². The topological polar surface area (TPSA) is 63.6 Å². The van der Waals surface area contributed by atoms with E-state index in [-0.39, 0.29) is 11.5 Å². The second kappa shape index (κ2) is 4.95. The minimum absolute atomic E-state index is 0.110. The van der Waals surface area contributed by atoms with Gasteiger partial charge in [-0.2, -0.15) is 0 Å². The van der Waals surface area contributed by atoms with Gasteiger partial charge in [0.1, 0.15) is 17.8 Å². The van der Waals surface area contributed by atoms with Crippen LogP contribution in [0, 0.1) is 0 Å².